The Labute approximate surface area is 111 Å². The molecule has 0 amide bonds. The molecule has 0 spiro atoms. The molecule has 0 saturated carbocycles. The lowest BCUT2D eigenvalue weighted by molar-refractivity contribution is -0.131. The number of carbonyl (C=O) groups excluding carboxylic acids is 3. The molecule has 19 heavy (non-hydrogen) atoms. The van der Waals surface area contributed by atoms with Gasteiger partial charge in [0.05, 0.1) is 6.61 Å². The quantitative estimate of drug-likeness (QED) is 0.447. The number of benzene rings is 1. The number of para-hydroxylation sites is 1. The SMILES string of the molecule is CC(=O)CCCOC(=O)c1ccccc1OC(C)=O. The number of esters is 2. The zero-order valence-electron chi connectivity index (χ0n) is 11.0. The van der Waals surface area contributed by atoms with E-state index >= 15 is 0 Å². The fourth-order valence-electron chi connectivity index (χ4n) is 1.44. The van der Waals surface area contributed by atoms with Crippen molar-refractivity contribution in [1.82, 2.24) is 0 Å². The summed E-state index contributed by atoms with van der Waals surface area (Å²) in [5, 5.41) is 0. The van der Waals surface area contributed by atoms with Crippen LogP contribution in [0.4, 0.5) is 0 Å². The molecular formula is C14H16O5. The van der Waals surface area contributed by atoms with Gasteiger partial charge in [-0.3, -0.25) is 4.79 Å². The van der Waals surface area contributed by atoms with Gasteiger partial charge in [-0.2, -0.15) is 0 Å². The van der Waals surface area contributed by atoms with E-state index < -0.39 is 11.9 Å². The number of ether oxygens (including phenoxy) is 2. The van der Waals surface area contributed by atoms with Crippen LogP contribution in [0.3, 0.4) is 0 Å². The second-order valence-corrected chi connectivity index (χ2v) is 4.03. The molecule has 5 nitrogen and oxygen atoms in total. The topological polar surface area (TPSA) is 69.7 Å². The van der Waals surface area contributed by atoms with Crippen molar-refractivity contribution in [2.24, 2.45) is 0 Å². The summed E-state index contributed by atoms with van der Waals surface area (Å²) in [6, 6.07) is 6.35. The van der Waals surface area contributed by atoms with E-state index in [0.29, 0.717) is 12.8 Å². The molecule has 0 N–H and O–H groups in total. The van der Waals surface area contributed by atoms with E-state index in [2.05, 4.69) is 0 Å². The fraction of sp³-hybridized carbons (Fsp3) is 0.357. The molecule has 0 unspecified atom stereocenters. The third-order valence-electron chi connectivity index (χ3n) is 2.27. The Morgan fingerprint density at radius 1 is 1.11 bits per heavy atom. The number of hydrogen-bond donors (Lipinski definition) is 0. The van der Waals surface area contributed by atoms with Crippen molar-refractivity contribution in [1.29, 1.82) is 0 Å². The Morgan fingerprint density at radius 3 is 2.42 bits per heavy atom. The Bertz CT molecular complexity index is 478. The third-order valence-corrected chi connectivity index (χ3v) is 2.27. The van der Waals surface area contributed by atoms with E-state index in [1.165, 1.54) is 26.0 Å². The smallest absolute Gasteiger partial charge is 0.341 e. The molecular weight excluding hydrogens is 248 g/mol. The molecule has 0 atom stereocenters. The molecule has 0 radical (unpaired) electrons. The van der Waals surface area contributed by atoms with Gasteiger partial charge >= 0.3 is 11.9 Å². The monoisotopic (exact) mass is 264 g/mol. The van der Waals surface area contributed by atoms with Crippen molar-refractivity contribution in [3.8, 4) is 5.75 Å². The largest absolute Gasteiger partial charge is 0.462 e. The number of rotatable bonds is 6. The summed E-state index contributed by atoms with van der Waals surface area (Å²) < 4.78 is 9.94. The minimum absolute atomic E-state index is 0.0522. The van der Waals surface area contributed by atoms with E-state index in [4.69, 9.17) is 9.47 Å². The van der Waals surface area contributed by atoms with E-state index in [1.54, 1.807) is 12.1 Å². The zero-order valence-corrected chi connectivity index (χ0v) is 11.0. The Hall–Kier alpha value is -2.17. The highest BCUT2D eigenvalue weighted by Gasteiger charge is 2.14. The first-order chi connectivity index (χ1) is 9.00. The first-order valence-corrected chi connectivity index (χ1v) is 5.94. The van der Waals surface area contributed by atoms with Crippen LogP contribution in [0.5, 0.6) is 5.75 Å². The summed E-state index contributed by atoms with van der Waals surface area (Å²) in [6.07, 6.45) is 0.857. The maximum Gasteiger partial charge on any atom is 0.341 e. The van der Waals surface area contributed by atoms with Crippen LogP contribution in [-0.4, -0.2) is 24.3 Å². The number of Topliss-reactive ketones (excluding diaryl/α,β-unsaturated/α-hetero) is 1. The van der Waals surface area contributed by atoms with Gasteiger partial charge in [0, 0.05) is 13.3 Å². The highest BCUT2D eigenvalue weighted by atomic mass is 16.5. The van der Waals surface area contributed by atoms with Crippen molar-refractivity contribution >= 4 is 17.7 Å². The lowest BCUT2D eigenvalue weighted by Crippen LogP contribution is -2.11. The first kappa shape index (κ1) is 14.9. The van der Waals surface area contributed by atoms with Crippen LogP contribution < -0.4 is 4.74 Å². The minimum atomic E-state index is -0.569. The minimum Gasteiger partial charge on any atom is -0.462 e. The summed E-state index contributed by atoms with van der Waals surface area (Å²) >= 11 is 0. The number of ketones is 1. The molecule has 1 rings (SSSR count). The second-order valence-electron chi connectivity index (χ2n) is 4.03. The van der Waals surface area contributed by atoms with Crippen molar-refractivity contribution in [2.45, 2.75) is 26.7 Å². The highest BCUT2D eigenvalue weighted by Crippen LogP contribution is 2.19. The van der Waals surface area contributed by atoms with Crippen LogP contribution in [-0.2, 0) is 14.3 Å². The zero-order chi connectivity index (χ0) is 14.3. The van der Waals surface area contributed by atoms with Gasteiger partial charge in [-0.1, -0.05) is 12.1 Å². The molecule has 0 aromatic heterocycles. The molecule has 0 aliphatic heterocycles. The molecule has 0 aliphatic carbocycles. The van der Waals surface area contributed by atoms with Gasteiger partial charge in [0.1, 0.15) is 17.1 Å². The van der Waals surface area contributed by atoms with Crippen molar-refractivity contribution in [2.75, 3.05) is 6.61 Å². The Kier molecular flexibility index (Phi) is 5.73. The summed E-state index contributed by atoms with van der Waals surface area (Å²) in [5.74, 6) is -0.847. The van der Waals surface area contributed by atoms with E-state index in [0.717, 1.165) is 0 Å². The molecule has 0 heterocycles. The standard InChI is InChI=1S/C14H16O5/c1-10(15)6-5-9-18-14(17)12-7-3-4-8-13(12)19-11(2)16/h3-4,7-8H,5-6,9H2,1-2H3. The Balaban J connectivity index is 2.61. The average Bonchev–Trinajstić information content (AvgIpc) is 2.34. The van der Waals surface area contributed by atoms with Gasteiger partial charge in [0.15, 0.2) is 0 Å². The predicted octanol–water partition coefficient (Wildman–Crippen LogP) is 2.14. The maximum atomic E-state index is 11.8. The molecule has 0 bridgehead atoms. The lowest BCUT2D eigenvalue weighted by Gasteiger charge is -2.08. The van der Waals surface area contributed by atoms with Gasteiger partial charge in [-0.15, -0.1) is 0 Å². The van der Waals surface area contributed by atoms with Crippen molar-refractivity contribution < 1.29 is 23.9 Å². The molecule has 1 aromatic rings. The predicted molar refractivity (Wildman–Crippen MR) is 67.9 cm³/mol. The molecule has 0 aliphatic rings. The maximum absolute atomic E-state index is 11.8. The molecule has 0 fully saturated rings. The fourth-order valence-corrected chi connectivity index (χ4v) is 1.44. The first-order valence-electron chi connectivity index (χ1n) is 5.94. The van der Waals surface area contributed by atoms with E-state index in [1.807, 2.05) is 0 Å². The van der Waals surface area contributed by atoms with Crippen LogP contribution in [0, 0.1) is 0 Å². The number of hydrogen-bond acceptors (Lipinski definition) is 5. The van der Waals surface area contributed by atoms with Gasteiger partial charge in [0.2, 0.25) is 0 Å². The van der Waals surface area contributed by atoms with Gasteiger partial charge in [0.25, 0.3) is 0 Å². The summed E-state index contributed by atoms with van der Waals surface area (Å²) in [5.41, 5.74) is 0.195. The lowest BCUT2D eigenvalue weighted by atomic mass is 10.2. The third kappa shape index (κ3) is 5.33. The van der Waals surface area contributed by atoms with Crippen LogP contribution >= 0.6 is 0 Å². The summed E-state index contributed by atoms with van der Waals surface area (Å²) in [6.45, 7) is 2.90. The average molecular weight is 264 g/mol. The van der Waals surface area contributed by atoms with Crippen LogP contribution in [0.2, 0.25) is 0 Å². The molecule has 5 heteroatoms. The summed E-state index contributed by atoms with van der Waals surface area (Å²) in [4.78, 5) is 33.4. The molecule has 0 saturated heterocycles. The van der Waals surface area contributed by atoms with Crippen LogP contribution in [0.1, 0.15) is 37.0 Å². The van der Waals surface area contributed by atoms with Crippen LogP contribution in [0.15, 0.2) is 24.3 Å². The normalized spacial score (nSPS) is 9.79. The number of carbonyl (C=O) groups is 3. The molecule has 102 valence electrons. The van der Waals surface area contributed by atoms with E-state index in [-0.39, 0.29) is 23.7 Å². The summed E-state index contributed by atoms with van der Waals surface area (Å²) in [7, 11) is 0. The van der Waals surface area contributed by atoms with Crippen molar-refractivity contribution in [3.05, 3.63) is 29.8 Å². The van der Waals surface area contributed by atoms with Crippen molar-refractivity contribution in [3.63, 3.8) is 0 Å². The van der Waals surface area contributed by atoms with Gasteiger partial charge in [-0.25, -0.2) is 4.79 Å². The Morgan fingerprint density at radius 2 is 1.79 bits per heavy atom. The highest BCUT2D eigenvalue weighted by molar-refractivity contribution is 5.93. The molecule has 1 aromatic carbocycles. The van der Waals surface area contributed by atoms with Gasteiger partial charge in [-0.05, 0) is 25.5 Å². The van der Waals surface area contributed by atoms with Crippen LogP contribution in [0.25, 0.3) is 0 Å². The second kappa shape index (κ2) is 7.31. The van der Waals surface area contributed by atoms with E-state index in [9.17, 15) is 14.4 Å². The van der Waals surface area contributed by atoms with Gasteiger partial charge < -0.3 is 14.3 Å².